The highest BCUT2D eigenvalue weighted by molar-refractivity contribution is 5.11. The molecule has 4 heterocycles. The van der Waals surface area contributed by atoms with Crippen LogP contribution in [0.5, 0.6) is 0 Å². The molecule has 3 aliphatic heterocycles. The van der Waals surface area contributed by atoms with Crippen LogP contribution in [0.4, 0.5) is 0 Å². The summed E-state index contributed by atoms with van der Waals surface area (Å²) in [6.07, 6.45) is 4.62. The Morgan fingerprint density at radius 1 is 1.35 bits per heavy atom. The normalized spacial score (nSPS) is 35.5. The lowest BCUT2D eigenvalue weighted by atomic mass is 9.81. The standard InChI is InChI=1S/C18H31N5/c1-4-21-11-16-5-7-18(13-21,20-16)15-9-22(14(2)3)12-17-6-8-19-23(17)10-15/h6,8,14-16,20H,4-5,7,9-13H2,1-3H3/t15?,16-,18+/m0/s1. The van der Waals surface area contributed by atoms with E-state index in [4.69, 9.17) is 0 Å². The van der Waals surface area contributed by atoms with Crippen LogP contribution >= 0.6 is 0 Å². The number of piperazine rings is 1. The number of likely N-dealkylation sites (N-methyl/N-ethyl adjacent to an activating group) is 1. The molecule has 0 saturated carbocycles. The Kier molecular flexibility index (Phi) is 3.98. The van der Waals surface area contributed by atoms with E-state index in [0.29, 0.717) is 18.0 Å². The molecule has 2 bridgehead atoms. The van der Waals surface area contributed by atoms with Crippen molar-refractivity contribution < 1.29 is 0 Å². The van der Waals surface area contributed by atoms with Crippen LogP contribution in [-0.2, 0) is 13.1 Å². The van der Waals surface area contributed by atoms with Crippen molar-refractivity contribution in [3.05, 3.63) is 18.0 Å². The average Bonchev–Trinajstić information content (AvgIpc) is 3.04. The number of nitrogens with zero attached hydrogens (tertiary/aromatic N) is 4. The Bertz CT molecular complexity index is 553. The minimum Gasteiger partial charge on any atom is -0.306 e. The third-order valence-corrected chi connectivity index (χ3v) is 6.39. The van der Waals surface area contributed by atoms with Gasteiger partial charge in [-0.25, -0.2) is 0 Å². The second kappa shape index (κ2) is 5.87. The molecule has 3 aliphatic rings. The number of likely N-dealkylation sites (tertiary alicyclic amines) is 1. The van der Waals surface area contributed by atoms with Crippen molar-refractivity contribution in [2.45, 2.75) is 64.3 Å². The van der Waals surface area contributed by atoms with Gasteiger partial charge >= 0.3 is 0 Å². The van der Waals surface area contributed by atoms with Gasteiger partial charge in [0.05, 0.1) is 5.69 Å². The molecule has 5 nitrogen and oxygen atoms in total. The summed E-state index contributed by atoms with van der Waals surface area (Å²) in [4.78, 5) is 5.29. The largest absolute Gasteiger partial charge is 0.306 e. The summed E-state index contributed by atoms with van der Waals surface area (Å²) in [5.74, 6) is 0.630. The molecule has 23 heavy (non-hydrogen) atoms. The van der Waals surface area contributed by atoms with Gasteiger partial charge in [-0.3, -0.25) is 9.58 Å². The van der Waals surface area contributed by atoms with Crippen molar-refractivity contribution in [1.82, 2.24) is 24.9 Å². The average molecular weight is 317 g/mol. The van der Waals surface area contributed by atoms with E-state index in [1.54, 1.807) is 0 Å². The number of hydrogen-bond acceptors (Lipinski definition) is 4. The fraction of sp³-hybridized carbons (Fsp3) is 0.833. The smallest absolute Gasteiger partial charge is 0.0524 e. The maximum atomic E-state index is 4.62. The summed E-state index contributed by atoms with van der Waals surface area (Å²) >= 11 is 0. The van der Waals surface area contributed by atoms with Gasteiger partial charge in [-0.15, -0.1) is 0 Å². The summed E-state index contributed by atoms with van der Waals surface area (Å²) in [6, 6.07) is 3.47. The predicted molar refractivity (Wildman–Crippen MR) is 92.3 cm³/mol. The van der Waals surface area contributed by atoms with E-state index in [-0.39, 0.29) is 5.54 Å². The summed E-state index contributed by atoms with van der Waals surface area (Å²) in [5, 5.41) is 8.66. The fourth-order valence-electron chi connectivity index (χ4n) is 4.94. The molecule has 1 unspecified atom stereocenters. The highest BCUT2D eigenvalue weighted by atomic mass is 15.3. The minimum atomic E-state index is 0.277. The summed E-state index contributed by atoms with van der Waals surface area (Å²) in [6.45, 7) is 13.8. The maximum Gasteiger partial charge on any atom is 0.0524 e. The molecule has 0 amide bonds. The molecular weight excluding hydrogens is 286 g/mol. The molecule has 1 aromatic heterocycles. The second-order valence-electron chi connectivity index (χ2n) is 8.09. The van der Waals surface area contributed by atoms with E-state index < -0.39 is 0 Å². The molecule has 2 saturated heterocycles. The van der Waals surface area contributed by atoms with Crippen molar-refractivity contribution in [3.63, 3.8) is 0 Å². The van der Waals surface area contributed by atoms with Gasteiger partial charge in [0, 0.05) is 62.5 Å². The molecule has 128 valence electrons. The van der Waals surface area contributed by atoms with Gasteiger partial charge in [0.2, 0.25) is 0 Å². The zero-order valence-corrected chi connectivity index (χ0v) is 14.8. The van der Waals surface area contributed by atoms with Gasteiger partial charge in [0.25, 0.3) is 0 Å². The van der Waals surface area contributed by atoms with Crippen molar-refractivity contribution in [2.24, 2.45) is 5.92 Å². The third-order valence-electron chi connectivity index (χ3n) is 6.39. The Balaban J connectivity index is 1.64. The van der Waals surface area contributed by atoms with E-state index in [2.05, 4.69) is 51.7 Å². The molecular formula is C18H31N5. The highest BCUT2D eigenvalue weighted by Crippen LogP contribution is 2.38. The highest BCUT2D eigenvalue weighted by Gasteiger charge is 2.50. The molecule has 0 spiro atoms. The van der Waals surface area contributed by atoms with Crippen LogP contribution in [0.3, 0.4) is 0 Å². The number of aromatic nitrogens is 2. The Hall–Kier alpha value is -0.910. The van der Waals surface area contributed by atoms with E-state index in [1.165, 1.54) is 44.7 Å². The molecule has 1 N–H and O–H groups in total. The predicted octanol–water partition coefficient (Wildman–Crippen LogP) is 1.55. The second-order valence-corrected chi connectivity index (χ2v) is 8.09. The van der Waals surface area contributed by atoms with Crippen molar-refractivity contribution >= 4 is 0 Å². The first-order valence-corrected chi connectivity index (χ1v) is 9.34. The van der Waals surface area contributed by atoms with Crippen LogP contribution < -0.4 is 5.32 Å². The lowest BCUT2D eigenvalue weighted by Crippen LogP contribution is -2.64. The zero-order chi connectivity index (χ0) is 16.0. The lowest BCUT2D eigenvalue weighted by Gasteiger charge is -2.46. The van der Waals surface area contributed by atoms with Gasteiger partial charge < -0.3 is 10.2 Å². The topological polar surface area (TPSA) is 36.3 Å². The van der Waals surface area contributed by atoms with Gasteiger partial charge in [0.1, 0.15) is 0 Å². The zero-order valence-electron chi connectivity index (χ0n) is 14.8. The van der Waals surface area contributed by atoms with E-state index in [9.17, 15) is 0 Å². The van der Waals surface area contributed by atoms with Crippen LogP contribution in [0.2, 0.25) is 0 Å². The molecule has 0 aromatic carbocycles. The Morgan fingerprint density at radius 3 is 3.00 bits per heavy atom. The summed E-state index contributed by atoms with van der Waals surface area (Å²) in [7, 11) is 0. The lowest BCUT2D eigenvalue weighted by molar-refractivity contribution is 0.0637. The fourth-order valence-corrected chi connectivity index (χ4v) is 4.94. The molecule has 5 heteroatoms. The van der Waals surface area contributed by atoms with Crippen LogP contribution in [-0.4, -0.2) is 63.4 Å². The quantitative estimate of drug-likeness (QED) is 0.918. The maximum absolute atomic E-state index is 4.62. The Labute approximate surface area is 140 Å². The van der Waals surface area contributed by atoms with E-state index in [0.717, 1.165) is 13.1 Å². The molecule has 3 atom stereocenters. The molecule has 1 aromatic rings. The van der Waals surface area contributed by atoms with Crippen LogP contribution in [0.25, 0.3) is 0 Å². The first kappa shape index (κ1) is 15.6. The van der Waals surface area contributed by atoms with Gasteiger partial charge in [-0.2, -0.15) is 5.10 Å². The Morgan fingerprint density at radius 2 is 2.22 bits per heavy atom. The van der Waals surface area contributed by atoms with E-state index in [1.807, 2.05) is 6.20 Å². The van der Waals surface area contributed by atoms with Crippen LogP contribution in [0, 0.1) is 5.92 Å². The number of rotatable bonds is 3. The van der Waals surface area contributed by atoms with Gasteiger partial charge in [-0.05, 0) is 39.3 Å². The van der Waals surface area contributed by atoms with Gasteiger partial charge in [0.15, 0.2) is 0 Å². The van der Waals surface area contributed by atoms with E-state index >= 15 is 0 Å². The van der Waals surface area contributed by atoms with Crippen LogP contribution in [0.15, 0.2) is 12.3 Å². The minimum absolute atomic E-state index is 0.277. The van der Waals surface area contributed by atoms with Gasteiger partial charge in [-0.1, -0.05) is 6.92 Å². The first-order chi connectivity index (χ1) is 11.1. The summed E-state index contributed by atoms with van der Waals surface area (Å²) < 4.78 is 2.27. The molecule has 0 radical (unpaired) electrons. The summed E-state index contributed by atoms with van der Waals surface area (Å²) in [5.41, 5.74) is 1.65. The number of hydrogen-bond donors (Lipinski definition) is 1. The molecule has 0 aliphatic carbocycles. The van der Waals surface area contributed by atoms with Crippen molar-refractivity contribution in [2.75, 3.05) is 26.2 Å². The monoisotopic (exact) mass is 317 g/mol. The van der Waals surface area contributed by atoms with Crippen molar-refractivity contribution in [1.29, 1.82) is 0 Å². The third kappa shape index (κ3) is 2.73. The molecule has 4 rings (SSSR count). The number of fused-ring (bicyclic) bond motifs is 3. The first-order valence-electron chi connectivity index (χ1n) is 9.34. The SMILES string of the molecule is CCN1C[C@@H]2CC[C@](C3CN(C(C)C)Cc4ccnn4C3)(C1)N2. The molecule has 2 fully saturated rings. The van der Waals surface area contributed by atoms with Crippen molar-refractivity contribution in [3.8, 4) is 0 Å². The van der Waals surface area contributed by atoms with Crippen LogP contribution in [0.1, 0.15) is 39.3 Å². The number of nitrogens with one attached hydrogen (secondary N) is 1.